The van der Waals surface area contributed by atoms with Crippen molar-refractivity contribution in [3.05, 3.63) is 17.6 Å². The molecule has 0 saturated carbocycles. The molecule has 5 heteroatoms. The quantitative estimate of drug-likeness (QED) is 0.771. The van der Waals surface area contributed by atoms with Crippen molar-refractivity contribution in [2.45, 2.75) is 32.8 Å². The lowest BCUT2D eigenvalue weighted by Gasteiger charge is -2.23. The summed E-state index contributed by atoms with van der Waals surface area (Å²) >= 11 is 0. The van der Waals surface area contributed by atoms with Crippen molar-refractivity contribution in [2.24, 2.45) is 0 Å². The van der Waals surface area contributed by atoms with Crippen LogP contribution in [0.1, 0.15) is 24.4 Å². The molecule has 1 saturated heterocycles. The third kappa shape index (κ3) is 4.23. The summed E-state index contributed by atoms with van der Waals surface area (Å²) in [7, 11) is 0. The van der Waals surface area contributed by atoms with Crippen molar-refractivity contribution >= 4 is 5.82 Å². The fraction of sp³-hybridized carbons (Fsp3) is 0.692. The molecule has 2 heterocycles. The second kappa shape index (κ2) is 6.66. The Balaban J connectivity index is 1.68. The molecule has 1 aromatic rings. The van der Waals surface area contributed by atoms with E-state index in [1.165, 1.54) is 0 Å². The highest BCUT2D eigenvalue weighted by Gasteiger charge is 2.12. The summed E-state index contributed by atoms with van der Waals surface area (Å²) in [5, 5.41) is 6.61. The summed E-state index contributed by atoms with van der Waals surface area (Å²) in [5.74, 6) is 1.69. The van der Waals surface area contributed by atoms with E-state index in [9.17, 15) is 0 Å². The van der Waals surface area contributed by atoms with Crippen LogP contribution in [-0.2, 0) is 4.74 Å². The van der Waals surface area contributed by atoms with Gasteiger partial charge in [0.15, 0.2) is 0 Å². The van der Waals surface area contributed by atoms with Gasteiger partial charge in [-0.15, -0.1) is 0 Å². The Morgan fingerprint density at radius 3 is 2.83 bits per heavy atom. The van der Waals surface area contributed by atoms with Gasteiger partial charge in [-0.2, -0.15) is 0 Å². The van der Waals surface area contributed by atoms with Crippen LogP contribution in [0.3, 0.4) is 0 Å². The molecule has 1 fully saturated rings. The molecule has 0 atom stereocenters. The summed E-state index contributed by atoms with van der Waals surface area (Å²) in [5.41, 5.74) is 0.990. The molecular formula is C13H22N4O. The van der Waals surface area contributed by atoms with E-state index in [1.54, 1.807) is 0 Å². The Hall–Kier alpha value is -1.20. The molecule has 2 rings (SSSR count). The van der Waals surface area contributed by atoms with Crippen LogP contribution in [0.4, 0.5) is 5.82 Å². The van der Waals surface area contributed by atoms with Crippen molar-refractivity contribution in [3.63, 3.8) is 0 Å². The third-order valence-electron chi connectivity index (χ3n) is 3.01. The lowest BCUT2D eigenvalue weighted by Crippen LogP contribution is -2.33. The van der Waals surface area contributed by atoms with Gasteiger partial charge in [0.1, 0.15) is 11.6 Å². The van der Waals surface area contributed by atoms with Gasteiger partial charge in [-0.1, -0.05) is 0 Å². The molecule has 0 aliphatic carbocycles. The topological polar surface area (TPSA) is 59.1 Å². The molecule has 0 aromatic carbocycles. The van der Waals surface area contributed by atoms with E-state index in [0.717, 1.165) is 56.4 Å². The number of nitrogens with zero attached hydrogens (tertiary/aromatic N) is 2. The average Bonchev–Trinajstić information content (AvgIpc) is 2.35. The number of ether oxygens (including phenoxy) is 1. The number of anilines is 1. The van der Waals surface area contributed by atoms with Crippen LogP contribution in [0, 0.1) is 13.8 Å². The predicted molar refractivity (Wildman–Crippen MR) is 71.8 cm³/mol. The molecule has 1 aliphatic heterocycles. The second-order valence-corrected chi connectivity index (χ2v) is 4.69. The van der Waals surface area contributed by atoms with Gasteiger partial charge in [0, 0.05) is 18.3 Å². The first kappa shape index (κ1) is 13.2. The maximum Gasteiger partial charge on any atom is 0.129 e. The molecule has 0 spiro atoms. The zero-order valence-corrected chi connectivity index (χ0v) is 11.2. The van der Waals surface area contributed by atoms with Crippen LogP contribution in [0.25, 0.3) is 0 Å². The molecule has 1 aliphatic rings. The summed E-state index contributed by atoms with van der Waals surface area (Å²) < 4.78 is 5.82. The number of piperidine rings is 1. The molecule has 0 bridgehead atoms. The van der Waals surface area contributed by atoms with Gasteiger partial charge in [0.25, 0.3) is 0 Å². The first-order valence-corrected chi connectivity index (χ1v) is 6.62. The highest BCUT2D eigenvalue weighted by Crippen LogP contribution is 2.08. The Morgan fingerprint density at radius 1 is 1.33 bits per heavy atom. The Labute approximate surface area is 108 Å². The molecule has 100 valence electrons. The number of hydrogen-bond donors (Lipinski definition) is 2. The van der Waals surface area contributed by atoms with Crippen LogP contribution in [-0.4, -0.2) is 42.3 Å². The lowest BCUT2D eigenvalue weighted by molar-refractivity contribution is 0.0394. The average molecular weight is 250 g/mol. The molecular weight excluding hydrogens is 228 g/mol. The maximum absolute atomic E-state index is 5.82. The molecule has 0 amide bonds. The van der Waals surface area contributed by atoms with Crippen LogP contribution in [0.5, 0.6) is 0 Å². The number of aromatic nitrogens is 2. The molecule has 2 N–H and O–H groups in total. The SMILES string of the molecule is Cc1cc(NCCOC2CCNCC2)nc(C)n1. The van der Waals surface area contributed by atoms with Crippen molar-refractivity contribution < 1.29 is 4.74 Å². The van der Waals surface area contributed by atoms with Gasteiger partial charge < -0.3 is 15.4 Å². The standard InChI is InChI=1S/C13H22N4O/c1-10-9-13(17-11(2)16-10)15-7-8-18-12-3-5-14-6-4-12/h9,12,14H,3-8H2,1-2H3,(H,15,16,17). The van der Waals surface area contributed by atoms with E-state index in [-0.39, 0.29) is 0 Å². The molecule has 1 aromatic heterocycles. The fourth-order valence-electron chi connectivity index (χ4n) is 2.17. The summed E-state index contributed by atoms with van der Waals surface area (Å²) in [6.45, 7) is 7.55. The van der Waals surface area contributed by atoms with Gasteiger partial charge in [-0.3, -0.25) is 0 Å². The van der Waals surface area contributed by atoms with Gasteiger partial charge in [0.05, 0.1) is 12.7 Å². The van der Waals surface area contributed by atoms with Crippen molar-refractivity contribution in [3.8, 4) is 0 Å². The van der Waals surface area contributed by atoms with E-state index < -0.39 is 0 Å². The molecule has 5 nitrogen and oxygen atoms in total. The Kier molecular flexibility index (Phi) is 4.90. The van der Waals surface area contributed by atoms with Gasteiger partial charge in [-0.05, 0) is 39.8 Å². The van der Waals surface area contributed by atoms with E-state index in [0.29, 0.717) is 6.10 Å². The third-order valence-corrected chi connectivity index (χ3v) is 3.01. The van der Waals surface area contributed by atoms with Gasteiger partial charge in [-0.25, -0.2) is 9.97 Å². The van der Waals surface area contributed by atoms with E-state index in [2.05, 4.69) is 20.6 Å². The minimum Gasteiger partial charge on any atom is -0.376 e. The van der Waals surface area contributed by atoms with Gasteiger partial charge in [0.2, 0.25) is 0 Å². The van der Waals surface area contributed by atoms with Crippen molar-refractivity contribution in [2.75, 3.05) is 31.6 Å². The zero-order valence-electron chi connectivity index (χ0n) is 11.2. The minimum absolute atomic E-state index is 0.418. The maximum atomic E-state index is 5.82. The first-order valence-electron chi connectivity index (χ1n) is 6.62. The largest absolute Gasteiger partial charge is 0.376 e. The van der Waals surface area contributed by atoms with E-state index in [4.69, 9.17) is 4.74 Å². The fourth-order valence-corrected chi connectivity index (χ4v) is 2.17. The van der Waals surface area contributed by atoms with E-state index in [1.807, 2.05) is 19.9 Å². The lowest BCUT2D eigenvalue weighted by atomic mass is 10.1. The van der Waals surface area contributed by atoms with Crippen molar-refractivity contribution in [1.82, 2.24) is 15.3 Å². The first-order chi connectivity index (χ1) is 8.74. The van der Waals surface area contributed by atoms with Crippen LogP contribution >= 0.6 is 0 Å². The minimum atomic E-state index is 0.418. The Bertz CT molecular complexity index is 357. The highest BCUT2D eigenvalue weighted by atomic mass is 16.5. The van der Waals surface area contributed by atoms with Crippen LogP contribution in [0.15, 0.2) is 6.07 Å². The number of nitrogens with one attached hydrogen (secondary N) is 2. The zero-order chi connectivity index (χ0) is 12.8. The number of hydrogen-bond acceptors (Lipinski definition) is 5. The smallest absolute Gasteiger partial charge is 0.129 e. The number of rotatable bonds is 5. The second-order valence-electron chi connectivity index (χ2n) is 4.69. The predicted octanol–water partition coefficient (Wildman–Crippen LogP) is 1.27. The van der Waals surface area contributed by atoms with Gasteiger partial charge >= 0.3 is 0 Å². The van der Waals surface area contributed by atoms with Crippen molar-refractivity contribution in [1.29, 1.82) is 0 Å². The summed E-state index contributed by atoms with van der Waals surface area (Å²) in [6.07, 6.45) is 2.65. The Morgan fingerprint density at radius 2 is 2.11 bits per heavy atom. The molecule has 18 heavy (non-hydrogen) atoms. The monoisotopic (exact) mass is 250 g/mol. The molecule has 0 radical (unpaired) electrons. The number of aryl methyl sites for hydroxylation is 2. The normalized spacial score (nSPS) is 16.8. The molecule has 0 unspecified atom stereocenters. The van der Waals surface area contributed by atoms with Crippen LogP contribution in [0.2, 0.25) is 0 Å². The summed E-state index contributed by atoms with van der Waals surface area (Å²) in [6, 6.07) is 1.96. The van der Waals surface area contributed by atoms with Crippen LogP contribution < -0.4 is 10.6 Å². The highest BCUT2D eigenvalue weighted by molar-refractivity contribution is 5.35. The van der Waals surface area contributed by atoms with E-state index >= 15 is 0 Å². The summed E-state index contributed by atoms with van der Waals surface area (Å²) in [4.78, 5) is 8.58.